The van der Waals surface area contributed by atoms with Gasteiger partial charge in [0.05, 0.1) is 23.9 Å². The van der Waals surface area contributed by atoms with Crippen LogP contribution >= 0.6 is 0 Å². The van der Waals surface area contributed by atoms with E-state index < -0.39 is 54.7 Å². The fourth-order valence-corrected chi connectivity index (χ4v) is 10.2. The first kappa shape index (κ1) is 53.1. The molecule has 13 nitrogen and oxygen atoms in total. The summed E-state index contributed by atoms with van der Waals surface area (Å²) in [6.45, 7) is 13.2. The van der Waals surface area contributed by atoms with E-state index in [0.717, 1.165) is 51.5 Å². The van der Waals surface area contributed by atoms with Gasteiger partial charge in [0.15, 0.2) is 11.6 Å². The lowest BCUT2D eigenvalue weighted by Crippen LogP contribution is -2.65. The number of amides is 2. The number of unbranched alkanes of at least 4 members (excludes halogenated alkanes) is 12. The number of aliphatic hydroxyl groups is 1. The van der Waals surface area contributed by atoms with E-state index >= 15 is 0 Å². The van der Waals surface area contributed by atoms with Gasteiger partial charge in [0, 0.05) is 37.5 Å². The highest BCUT2D eigenvalue weighted by atomic mass is 16.7. The number of carbonyl (C=O) groups is 5. The minimum absolute atomic E-state index is 0.00589. The van der Waals surface area contributed by atoms with Gasteiger partial charge < -0.3 is 42.2 Å². The predicted octanol–water partition coefficient (Wildman–Crippen LogP) is 6.09. The third-order valence-electron chi connectivity index (χ3n) is 14.5. The molecule has 1 heterocycles. The van der Waals surface area contributed by atoms with E-state index in [-0.39, 0.29) is 66.7 Å². The molecule has 0 spiro atoms. The minimum Gasteiger partial charge on any atom is -0.405 e. The zero-order valence-corrected chi connectivity index (χ0v) is 39.0. The van der Waals surface area contributed by atoms with Gasteiger partial charge in [0.1, 0.15) is 11.8 Å². The molecule has 61 heavy (non-hydrogen) atoms. The zero-order chi connectivity index (χ0) is 45.2. The van der Waals surface area contributed by atoms with Gasteiger partial charge in [-0.05, 0) is 108 Å². The van der Waals surface area contributed by atoms with Crippen molar-refractivity contribution in [2.45, 2.75) is 219 Å². The maximum atomic E-state index is 13.8. The third kappa shape index (κ3) is 16.1. The van der Waals surface area contributed by atoms with Crippen molar-refractivity contribution in [1.82, 2.24) is 10.6 Å². The van der Waals surface area contributed by atoms with Crippen LogP contribution in [-0.4, -0.2) is 90.9 Å². The SMILES string of the molecule is C[C@H](CC(=O)[C@H](CCCCN)NC(=O)[C@H](C)CC(=O)[C@@H](NC(=O)[C@H](CCN)CC(=O)CCCCCCCCCCCCCCN)[C@@H](C)O)B1O[C@@H]2C[C@@H]3C[C@@H](C3(C)C)[C@]2(C)O1. The van der Waals surface area contributed by atoms with Crippen LogP contribution in [0.1, 0.15) is 183 Å². The Morgan fingerprint density at radius 1 is 0.689 bits per heavy atom. The molecule has 350 valence electrons. The molecule has 4 aliphatic rings. The number of nitrogens with one attached hydrogen (secondary N) is 2. The molecule has 2 amide bonds. The Morgan fingerprint density at radius 3 is 1.82 bits per heavy atom. The van der Waals surface area contributed by atoms with Crippen molar-refractivity contribution >= 4 is 36.3 Å². The highest BCUT2D eigenvalue weighted by molar-refractivity contribution is 6.47. The molecule has 9 N–H and O–H groups in total. The second-order valence-corrected chi connectivity index (χ2v) is 19.9. The van der Waals surface area contributed by atoms with Crippen molar-refractivity contribution in [3.8, 4) is 0 Å². The molecule has 3 saturated carbocycles. The Morgan fingerprint density at radius 2 is 1.26 bits per heavy atom. The third-order valence-corrected chi connectivity index (χ3v) is 14.5. The van der Waals surface area contributed by atoms with E-state index in [1.54, 1.807) is 6.92 Å². The second-order valence-electron chi connectivity index (χ2n) is 19.9. The van der Waals surface area contributed by atoms with Gasteiger partial charge in [-0.3, -0.25) is 24.0 Å². The van der Waals surface area contributed by atoms with E-state index in [9.17, 15) is 29.1 Å². The topological polar surface area (TPSA) is 226 Å². The first-order valence-electron chi connectivity index (χ1n) is 24.3. The summed E-state index contributed by atoms with van der Waals surface area (Å²) in [5.74, 6) is -2.42. The maximum Gasteiger partial charge on any atom is 0.461 e. The molecule has 3 aliphatic carbocycles. The van der Waals surface area contributed by atoms with Gasteiger partial charge in [-0.25, -0.2) is 0 Å². The van der Waals surface area contributed by atoms with Crippen LogP contribution in [-0.2, 0) is 33.3 Å². The quantitative estimate of drug-likeness (QED) is 0.0321. The minimum atomic E-state index is -1.27. The van der Waals surface area contributed by atoms with Crippen molar-refractivity contribution in [2.75, 3.05) is 19.6 Å². The summed E-state index contributed by atoms with van der Waals surface area (Å²) in [5, 5.41) is 16.2. The lowest BCUT2D eigenvalue weighted by atomic mass is 9.43. The van der Waals surface area contributed by atoms with Gasteiger partial charge in [-0.2, -0.15) is 0 Å². The highest BCUT2D eigenvalue weighted by Crippen LogP contribution is 2.66. The van der Waals surface area contributed by atoms with Crippen LogP contribution in [0.15, 0.2) is 0 Å². The first-order valence-corrected chi connectivity index (χ1v) is 24.3. The van der Waals surface area contributed by atoms with E-state index in [1.807, 2.05) is 6.92 Å². The number of nitrogens with two attached hydrogens (primary N) is 3. The van der Waals surface area contributed by atoms with Crippen molar-refractivity contribution < 1.29 is 38.4 Å². The number of Topliss-reactive ketones (excluding diaryl/α,β-unsaturated/α-hetero) is 3. The number of carbonyl (C=O) groups excluding carboxylic acids is 5. The molecule has 1 saturated heterocycles. The Hall–Kier alpha value is -2.23. The Balaban J connectivity index is 1.45. The van der Waals surface area contributed by atoms with Gasteiger partial charge in [0.2, 0.25) is 11.8 Å². The monoisotopic (exact) mass is 860 g/mol. The fraction of sp³-hybridized carbons (Fsp3) is 0.894. The van der Waals surface area contributed by atoms with Crippen molar-refractivity contribution in [1.29, 1.82) is 0 Å². The van der Waals surface area contributed by atoms with E-state index in [2.05, 4.69) is 31.4 Å². The average Bonchev–Trinajstić information content (AvgIpc) is 3.58. The molecule has 0 radical (unpaired) electrons. The lowest BCUT2D eigenvalue weighted by molar-refractivity contribution is -0.199. The molecule has 14 heteroatoms. The van der Waals surface area contributed by atoms with Gasteiger partial charge in [0.25, 0.3) is 0 Å². The molecular formula is C47H86BN5O8. The van der Waals surface area contributed by atoms with Crippen LogP contribution in [0.2, 0.25) is 5.82 Å². The molecule has 1 aliphatic heterocycles. The average molecular weight is 860 g/mol. The number of rotatable bonds is 34. The molecular weight excluding hydrogens is 773 g/mol. The second kappa shape index (κ2) is 26.5. The summed E-state index contributed by atoms with van der Waals surface area (Å²) in [6, 6.07) is -2.05. The maximum absolute atomic E-state index is 13.8. The van der Waals surface area contributed by atoms with E-state index in [4.69, 9.17) is 26.5 Å². The summed E-state index contributed by atoms with van der Waals surface area (Å²) in [4.78, 5) is 67.3. The summed E-state index contributed by atoms with van der Waals surface area (Å²) in [5.41, 5.74) is 16.9. The normalized spacial score (nSPS) is 24.4. The molecule has 2 bridgehead atoms. The van der Waals surface area contributed by atoms with Crippen LogP contribution < -0.4 is 27.8 Å². The van der Waals surface area contributed by atoms with Crippen molar-refractivity contribution in [3.63, 3.8) is 0 Å². The zero-order valence-electron chi connectivity index (χ0n) is 39.0. The van der Waals surface area contributed by atoms with E-state index in [1.165, 1.54) is 51.9 Å². The molecule has 0 unspecified atom stereocenters. The summed E-state index contributed by atoms with van der Waals surface area (Å²) < 4.78 is 13.1. The molecule has 0 aromatic carbocycles. The van der Waals surface area contributed by atoms with Gasteiger partial charge >= 0.3 is 7.12 Å². The molecule has 4 rings (SSSR count). The van der Waals surface area contributed by atoms with Crippen LogP contribution in [0.4, 0.5) is 0 Å². The molecule has 0 aromatic rings. The van der Waals surface area contributed by atoms with Gasteiger partial charge in [-0.15, -0.1) is 0 Å². The Bertz CT molecular complexity index is 1380. The molecule has 10 atom stereocenters. The lowest BCUT2D eigenvalue weighted by Gasteiger charge is -2.64. The summed E-state index contributed by atoms with van der Waals surface area (Å²) >= 11 is 0. The van der Waals surface area contributed by atoms with Gasteiger partial charge in [-0.1, -0.05) is 91.9 Å². The number of hydrogen-bond donors (Lipinski definition) is 6. The molecule has 4 fully saturated rings. The Labute approximate surface area is 368 Å². The van der Waals surface area contributed by atoms with Crippen LogP contribution in [0.3, 0.4) is 0 Å². The summed E-state index contributed by atoms with van der Waals surface area (Å²) in [7, 11) is -0.511. The number of aliphatic hydroxyl groups excluding tert-OH is 1. The van der Waals surface area contributed by atoms with Crippen molar-refractivity contribution in [2.24, 2.45) is 46.3 Å². The standard InChI is InChI=1S/C47H86BN5O8/c1-32(44(58)52-38(22-18-20-25-50)39(56)28-33(2)48-60-42-31-36-30-41(46(36,4)5)47(42,6)61-48)27-40(57)43(34(3)54)53-45(59)35(23-26-51)29-37(55)21-17-15-13-11-9-7-8-10-12-14-16-19-24-49/h32-36,38,41-43,54H,7-31,49-51H2,1-6H3,(H,52,58)(H,53,59)/t32-,33-,34-,35-,36+,38+,41+,42-,43+,47+/m1/s1. The number of hydrogen-bond acceptors (Lipinski definition) is 11. The smallest absolute Gasteiger partial charge is 0.405 e. The number of ketones is 3. The van der Waals surface area contributed by atoms with Crippen LogP contribution in [0.25, 0.3) is 0 Å². The first-order chi connectivity index (χ1) is 29.0. The van der Waals surface area contributed by atoms with Crippen molar-refractivity contribution in [3.05, 3.63) is 0 Å². The Kier molecular flexibility index (Phi) is 23.1. The van der Waals surface area contributed by atoms with Crippen LogP contribution in [0.5, 0.6) is 0 Å². The highest BCUT2D eigenvalue weighted by Gasteiger charge is 2.68. The summed E-state index contributed by atoms with van der Waals surface area (Å²) in [6.07, 6.45) is 17.1. The molecule has 0 aromatic heterocycles. The fourth-order valence-electron chi connectivity index (χ4n) is 10.2. The largest absolute Gasteiger partial charge is 0.461 e. The predicted molar refractivity (Wildman–Crippen MR) is 242 cm³/mol. The van der Waals surface area contributed by atoms with E-state index in [0.29, 0.717) is 44.1 Å². The van der Waals surface area contributed by atoms with Crippen LogP contribution in [0, 0.1) is 29.1 Å².